The van der Waals surface area contributed by atoms with Crippen LogP contribution in [0.1, 0.15) is 53.4 Å². The molecule has 5 atom stereocenters. The summed E-state index contributed by atoms with van der Waals surface area (Å²) in [6.07, 6.45) is 4.91. The molecule has 260 valence electrons. The minimum absolute atomic E-state index is 0. The van der Waals surface area contributed by atoms with Crippen molar-refractivity contribution in [1.82, 2.24) is 25.2 Å². The van der Waals surface area contributed by atoms with Crippen molar-refractivity contribution in [3.05, 3.63) is 55.8 Å². The predicted octanol–water partition coefficient (Wildman–Crippen LogP) is 2.61. The van der Waals surface area contributed by atoms with Crippen molar-refractivity contribution in [2.24, 2.45) is 11.8 Å². The van der Waals surface area contributed by atoms with Gasteiger partial charge in [-0.15, -0.1) is 6.58 Å². The second-order valence-electron chi connectivity index (χ2n) is 12.8. The summed E-state index contributed by atoms with van der Waals surface area (Å²) < 4.78 is 39.0. The van der Waals surface area contributed by atoms with Crippen molar-refractivity contribution in [3.8, 4) is 11.6 Å². The van der Waals surface area contributed by atoms with Gasteiger partial charge in [-0.2, -0.15) is 0 Å². The summed E-state index contributed by atoms with van der Waals surface area (Å²) in [4.78, 5) is 59.5. The van der Waals surface area contributed by atoms with E-state index >= 15 is 0 Å². The van der Waals surface area contributed by atoms with Crippen LogP contribution in [0.15, 0.2) is 55.8 Å². The molecule has 3 fully saturated rings. The lowest BCUT2D eigenvalue weighted by Gasteiger charge is -2.30. The number of nitrogens with one attached hydrogen (secondary N) is 3. The molecule has 0 radical (unpaired) electrons. The summed E-state index contributed by atoms with van der Waals surface area (Å²) in [5, 5.41) is 6.34. The first kappa shape index (κ1) is 36.4. The Bertz CT molecular complexity index is 1710. The molecule has 1 aromatic carbocycles. The lowest BCUT2D eigenvalue weighted by atomic mass is 10.0. The topological polar surface area (TPSA) is 173 Å². The summed E-state index contributed by atoms with van der Waals surface area (Å²) in [5.74, 6) is -2.04. The van der Waals surface area contributed by atoms with E-state index in [2.05, 4.69) is 33.5 Å². The van der Waals surface area contributed by atoms with Crippen molar-refractivity contribution in [1.29, 1.82) is 0 Å². The largest absolute Gasteiger partial charge is 0.497 e. The number of methoxy groups -OCH3 is 1. The number of aromatic nitrogens is 1. The molecule has 13 nitrogen and oxygen atoms in total. The summed E-state index contributed by atoms with van der Waals surface area (Å²) in [6.45, 7) is 11.0. The first-order chi connectivity index (χ1) is 22.3. The molecule has 0 spiro atoms. The van der Waals surface area contributed by atoms with Gasteiger partial charge in [0.05, 0.1) is 18.9 Å². The number of ether oxygens (including phenoxy) is 2. The molecule has 4 amide bonds. The Morgan fingerprint density at radius 3 is 2.50 bits per heavy atom. The Morgan fingerprint density at radius 1 is 1.17 bits per heavy atom. The van der Waals surface area contributed by atoms with Crippen molar-refractivity contribution in [3.63, 3.8) is 0 Å². The highest BCUT2D eigenvalue weighted by Gasteiger charge is 2.62. The van der Waals surface area contributed by atoms with Crippen LogP contribution >= 0.6 is 0 Å². The van der Waals surface area contributed by atoms with Crippen LogP contribution in [0.2, 0.25) is 0 Å². The second kappa shape index (κ2) is 14.3. The molecule has 3 aliphatic rings. The van der Waals surface area contributed by atoms with Crippen LogP contribution < -0.4 is 24.8 Å². The van der Waals surface area contributed by atoms with Gasteiger partial charge in [0.2, 0.25) is 33.6 Å². The molecule has 14 heteroatoms. The van der Waals surface area contributed by atoms with Crippen LogP contribution in [0.3, 0.4) is 0 Å². The van der Waals surface area contributed by atoms with Gasteiger partial charge in [0.25, 0.3) is 5.91 Å². The van der Waals surface area contributed by atoms with E-state index in [9.17, 15) is 27.6 Å². The zero-order chi connectivity index (χ0) is 34.1. The molecule has 5 rings (SSSR count). The molecule has 1 saturated heterocycles. The standard InChI is InChI=1S/C33H41N5O8S.CH4/c1-6-21-17-33(21,32(42)37-47(43,44)24-9-10-24)36-29(40)27-16-23(18-38(27)31(41)26(14-19(3)4)35-28(39)7-2)46-30-25-11-8-22(45-5)15-20(25)12-13-34-30;/h6-8,11-13,15,19,21,23-24,26-27H,1-2,9-10,14,16-18H2,3-5H3,(H,35,39)(H,36,40)(H,37,42);1H4/t21-,23-,26-,27+,33-;/m1./s1. The zero-order valence-corrected chi connectivity index (χ0v) is 27.5. The van der Waals surface area contributed by atoms with Crippen LogP contribution in [0.5, 0.6) is 11.6 Å². The fraction of sp³-hybridized carbons (Fsp3) is 0.500. The molecule has 1 aliphatic heterocycles. The SMILES string of the molecule is C.C=CC(=O)N[C@H](CC(C)C)C(=O)N1C[C@H](Oc2nccc3cc(OC)ccc23)C[C@H]1C(=O)N[C@]1(C(=O)NS(=O)(=O)C2CC2)C[C@H]1C=C. The van der Waals surface area contributed by atoms with Gasteiger partial charge in [0.1, 0.15) is 29.5 Å². The third-order valence-corrected chi connectivity index (χ3v) is 10.6. The van der Waals surface area contributed by atoms with Gasteiger partial charge in [-0.25, -0.2) is 13.4 Å². The van der Waals surface area contributed by atoms with Crippen LogP contribution in [0, 0.1) is 11.8 Å². The summed E-state index contributed by atoms with van der Waals surface area (Å²) in [7, 11) is -2.31. The number of pyridine rings is 1. The molecular formula is C34H45N5O8S. The van der Waals surface area contributed by atoms with E-state index in [0.29, 0.717) is 36.3 Å². The lowest BCUT2D eigenvalue weighted by molar-refractivity contribution is -0.142. The van der Waals surface area contributed by atoms with Crippen LogP contribution in [-0.2, 0) is 29.2 Å². The quantitative estimate of drug-likeness (QED) is 0.200. The Hall–Kier alpha value is -4.46. The molecule has 1 aromatic heterocycles. The van der Waals surface area contributed by atoms with Crippen molar-refractivity contribution >= 4 is 44.4 Å². The number of nitrogens with zero attached hydrogens (tertiary/aromatic N) is 2. The fourth-order valence-electron chi connectivity index (χ4n) is 6.02. The predicted molar refractivity (Wildman–Crippen MR) is 180 cm³/mol. The fourth-order valence-corrected chi connectivity index (χ4v) is 7.39. The maximum atomic E-state index is 14.1. The van der Waals surface area contributed by atoms with E-state index in [0.717, 1.165) is 11.5 Å². The first-order valence-corrected chi connectivity index (χ1v) is 17.2. The molecule has 48 heavy (non-hydrogen) atoms. The highest BCUT2D eigenvalue weighted by Crippen LogP contribution is 2.45. The number of hydrogen-bond acceptors (Lipinski definition) is 9. The summed E-state index contributed by atoms with van der Waals surface area (Å²) >= 11 is 0. The molecule has 3 N–H and O–H groups in total. The normalized spacial score (nSPS) is 23.8. The number of carbonyl (C=O) groups excluding carboxylic acids is 4. The van der Waals surface area contributed by atoms with Crippen molar-refractivity contribution in [2.45, 2.75) is 82.4 Å². The minimum atomic E-state index is -3.88. The Labute approximate surface area is 281 Å². The number of benzene rings is 1. The molecule has 2 aliphatic carbocycles. The highest BCUT2D eigenvalue weighted by molar-refractivity contribution is 7.91. The highest BCUT2D eigenvalue weighted by atomic mass is 32.2. The number of amides is 4. The number of rotatable bonds is 14. The smallest absolute Gasteiger partial charge is 0.259 e. The first-order valence-electron chi connectivity index (χ1n) is 15.6. The molecule has 0 bridgehead atoms. The van der Waals surface area contributed by atoms with Gasteiger partial charge >= 0.3 is 0 Å². The van der Waals surface area contributed by atoms with Gasteiger partial charge in [0.15, 0.2) is 0 Å². The van der Waals surface area contributed by atoms with Gasteiger partial charge in [-0.3, -0.25) is 23.9 Å². The van der Waals surface area contributed by atoms with Gasteiger partial charge in [0, 0.05) is 23.9 Å². The third kappa shape index (κ3) is 7.64. The number of likely N-dealkylation sites (tertiary alicyclic amines) is 1. The summed E-state index contributed by atoms with van der Waals surface area (Å²) in [5.41, 5.74) is -1.53. The molecule has 2 saturated carbocycles. The van der Waals surface area contributed by atoms with Gasteiger partial charge in [-0.05, 0) is 67.3 Å². The Morgan fingerprint density at radius 2 is 1.90 bits per heavy atom. The number of carbonyl (C=O) groups is 4. The molecular weight excluding hydrogens is 638 g/mol. The molecule has 2 aromatic rings. The third-order valence-electron chi connectivity index (χ3n) is 8.82. The van der Waals surface area contributed by atoms with E-state index in [1.807, 2.05) is 32.0 Å². The van der Waals surface area contributed by atoms with E-state index in [-0.39, 0.29) is 32.7 Å². The average Bonchev–Trinajstić information content (AvgIpc) is 3.96. The van der Waals surface area contributed by atoms with Gasteiger partial charge in [-0.1, -0.05) is 33.9 Å². The molecule has 0 unspecified atom stereocenters. The Balaban J connectivity index is 0.00000520. The van der Waals surface area contributed by atoms with Gasteiger partial charge < -0.3 is 25.0 Å². The maximum absolute atomic E-state index is 14.1. The van der Waals surface area contributed by atoms with E-state index in [4.69, 9.17) is 9.47 Å². The van der Waals surface area contributed by atoms with Crippen LogP contribution in [-0.4, -0.2) is 84.6 Å². The summed E-state index contributed by atoms with van der Waals surface area (Å²) in [6, 6.07) is 5.17. The van der Waals surface area contributed by atoms with Crippen LogP contribution in [0.4, 0.5) is 0 Å². The van der Waals surface area contributed by atoms with Crippen molar-refractivity contribution in [2.75, 3.05) is 13.7 Å². The number of hydrogen-bond donors (Lipinski definition) is 3. The average molecular weight is 684 g/mol. The zero-order valence-electron chi connectivity index (χ0n) is 26.7. The van der Waals surface area contributed by atoms with Crippen molar-refractivity contribution < 1.29 is 37.1 Å². The second-order valence-corrected chi connectivity index (χ2v) is 14.7. The Kier molecular flexibility index (Phi) is 10.9. The minimum Gasteiger partial charge on any atom is -0.497 e. The maximum Gasteiger partial charge on any atom is 0.259 e. The lowest BCUT2D eigenvalue weighted by Crippen LogP contribution is -2.58. The monoisotopic (exact) mass is 683 g/mol. The van der Waals surface area contributed by atoms with E-state index in [1.54, 1.807) is 19.4 Å². The number of fused-ring (bicyclic) bond motifs is 1. The van der Waals surface area contributed by atoms with E-state index < -0.39 is 68.5 Å². The molecule has 2 heterocycles. The van der Waals surface area contributed by atoms with Crippen LogP contribution in [0.25, 0.3) is 10.8 Å². The van der Waals surface area contributed by atoms with E-state index in [1.165, 1.54) is 11.0 Å². The number of sulfonamides is 1.